The van der Waals surface area contributed by atoms with Crippen molar-refractivity contribution in [2.45, 2.75) is 405 Å². The third-order valence-corrected chi connectivity index (χ3v) is 16.8. The van der Waals surface area contributed by atoms with Crippen molar-refractivity contribution >= 4 is 11.9 Å². The van der Waals surface area contributed by atoms with E-state index in [2.05, 4.69) is 55.6 Å². The van der Waals surface area contributed by atoms with E-state index in [-0.39, 0.29) is 18.5 Å². The summed E-state index contributed by atoms with van der Waals surface area (Å²) >= 11 is 0. The zero-order valence-corrected chi connectivity index (χ0v) is 54.5. The summed E-state index contributed by atoms with van der Waals surface area (Å²) < 4.78 is 5.48. The zero-order valence-electron chi connectivity index (χ0n) is 54.5. The van der Waals surface area contributed by atoms with Crippen LogP contribution in [0.25, 0.3) is 0 Å². The molecule has 0 fully saturated rings. The van der Waals surface area contributed by atoms with Crippen LogP contribution in [0.15, 0.2) is 48.6 Å². The van der Waals surface area contributed by atoms with Crippen LogP contribution in [0, 0.1) is 0 Å². The molecule has 0 heterocycles. The van der Waals surface area contributed by atoms with E-state index in [1.54, 1.807) is 6.08 Å². The molecule has 0 aromatic rings. The normalized spacial score (nSPS) is 12.8. The molecule has 0 aliphatic carbocycles. The van der Waals surface area contributed by atoms with Gasteiger partial charge in [0.15, 0.2) is 0 Å². The highest BCUT2D eigenvalue weighted by atomic mass is 16.5. The lowest BCUT2D eigenvalue weighted by molar-refractivity contribution is -0.143. The summed E-state index contributed by atoms with van der Waals surface area (Å²) in [5.41, 5.74) is 0. The van der Waals surface area contributed by atoms with Crippen molar-refractivity contribution < 1.29 is 24.5 Å². The van der Waals surface area contributed by atoms with Crippen molar-refractivity contribution in [1.82, 2.24) is 5.32 Å². The van der Waals surface area contributed by atoms with Crippen LogP contribution in [0.1, 0.15) is 393 Å². The van der Waals surface area contributed by atoms with Crippen LogP contribution in [0.5, 0.6) is 0 Å². The fraction of sp³-hybridized carbons (Fsp3) is 0.867. The van der Waals surface area contributed by atoms with E-state index in [9.17, 15) is 19.8 Å². The molecule has 476 valence electrons. The van der Waals surface area contributed by atoms with Crippen LogP contribution in [-0.2, 0) is 14.3 Å². The van der Waals surface area contributed by atoms with Gasteiger partial charge in [-0.15, -0.1) is 0 Å². The van der Waals surface area contributed by atoms with Crippen LogP contribution >= 0.6 is 0 Å². The number of allylic oxidation sites excluding steroid dienone is 7. The topological polar surface area (TPSA) is 95.9 Å². The van der Waals surface area contributed by atoms with Crippen molar-refractivity contribution in [3.8, 4) is 0 Å². The number of amides is 1. The molecule has 0 aliphatic rings. The lowest BCUT2D eigenvalue weighted by Gasteiger charge is -2.20. The average molecular weight is 1140 g/mol. The monoisotopic (exact) mass is 1140 g/mol. The number of hydrogen-bond acceptors (Lipinski definition) is 5. The minimum absolute atomic E-state index is 0.00550. The van der Waals surface area contributed by atoms with Crippen molar-refractivity contribution in [2.75, 3.05) is 13.2 Å². The van der Waals surface area contributed by atoms with Crippen LogP contribution < -0.4 is 5.32 Å². The van der Waals surface area contributed by atoms with Gasteiger partial charge in [-0.3, -0.25) is 9.59 Å². The molecular weight excluding hydrogens is 995 g/mol. The summed E-state index contributed by atoms with van der Waals surface area (Å²) in [6.45, 7) is 4.92. The van der Waals surface area contributed by atoms with E-state index in [1.165, 1.54) is 315 Å². The number of carbonyl (C=O) groups excluding carboxylic acids is 2. The quantitative estimate of drug-likeness (QED) is 0.0320. The fourth-order valence-corrected chi connectivity index (χ4v) is 11.3. The van der Waals surface area contributed by atoms with Gasteiger partial charge in [0.1, 0.15) is 0 Å². The number of nitrogens with one attached hydrogen (secondary N) is 1. The SMILES string of the molecule is CCCCCCC/C=C\CCCCCCCC(=O)OCCCCCCCCCCC/C=C\C/C=C\CCCCCCCCCCCCCCCCCCCC(=O)NC(CO)C(O)/C=C/CCCCCCCCCCCCCCCCC. The van der Waals surface area contributed by atoms with E-state index in [4.69, 9.17) is 4.74 Å². The van der Waals surface area contributed by atoms with Crippen LogP contribution in [0.3, 0.4) is 0 Å². The third-order valence-electron chi connectivity index (χ3n) is 16.8. The highest BCUT2D eigenvalue weighted by Crippen LogP contribution is 2.18. The maximum absolute atomic E-state index is 12.5. The predicted octanol–water partition coefficient (Wildman–Crippen LogP) is 23.6. The molecule has 3 N–H and O–H groups in total. The van der Waals surface area contributed by atoms with Crippen LogP contribution in [0.4, 0.5) is 0 Å². The maximum atomic E-state index is 12.5. The number of carbonyl (C=O) groups is 2. The van der Waals surface area contributed by atoms with E-state index in [0.717, 1.165) is 51.4 Å². The number of ether oxygens (including phenoxy) is 1. The second kappa shape index (κ2) is 70.3. The lowest BCUT2D eigenvalue weighted by Crippen LogP contribution is -2.45. The second-order valence-electron chi connectivity index (χ2n) is 24.9. The van der Waals surface area contributed by atoms with Gasteiger partial charge < -0.3 is 20.3 Å². The molecule has 2 unspecified atom stereocenters. The number of rotatable bonds is 68. The zero-order chi connectivity index (χ0) is 58.5. The molecule has 81 heavy (non-hydrogen) atoms. The molecule has 6 heteroatoms. The summed E-state index contributed by atoms with van der Waals surface area (Å²) in [7, 11) is 0. The average Bonchev–Trinajstić information content (AvgIpc) is 3.47. The van der Waals surface area contributed by atoms with Crippen LogP contribution in [0.2, 0.25) is 0 Å². The number of aliphatic hydroxyl groups excluding tert-OH is 2. The first-order chi connectivity index (χ1) is 40.0. The van der Waals surface area contributed by atoms with Gasteiger partial charge >= 0.3 is 5.97 Å². The molecule has 0 aliphatic heterocycles. The summed E-state index contributed by atoms with van der Waals surface area (Å²) in [6, 6.07) is -0.627. The molecule has 0 radical (unpaired) electrons. The Morgan fingerprint density at radius 3 is 0.951 bits per heavy atom. The number of aliphatic hydroxyl groups is 2. The third kappa shape index (κ3) is 66.8. The Hall–Kier alpha value is -2.18. The summed E-state index contributed by atoms with van der Waals surface area (Å²) in [5, 5.41) is 23.2. The smallest absolute Gasteiger partial charge is 0.305 e. The van der Waals surface area contributed by atoms with Crippen LogP contribution in [-0.4, -0.2) is 47.4 Å². The van der Waals surface area contributed by atoms with E-state index in [1.807, 2.05) is 6.08 Å². The van der Waals surface area contributed by atoms with Gasteiger partial charge in [-0.1, -0.05) is 339 Å². The Morgan fingerprint density at radius 2 is 0.617 bits per heavy atom. The number of unbranched alkanes of at least 4 members (excludes halogenated alkanes) is 51. The van der Waals surface area contributed by atoms with E-state index in [0.29, 0.717) is 19.4 Å². The van der Waals surface area contributed by atoms with Crippen molar-refractivity contribution in [3.63, 3.8) is 0 Å². The van der Waals surface area contributed by atoms with Gasteiger partial charge in [-0.05, 0) is 89.9 Å². The summed E-state index contributed by atoms with van der Waals surface area (Å²) in [4.78, 5) is 24.6. The fourth-order valence-electron chi connectivity index (χ4n) is 11.3. The van der Waals surface area contributed by atoms with Crippen molar-refractivity contribution in [2.24, 2.45) is 0 Å². The Bertz CT molecular complexity index is 1360. The molecule has 0 aromatic heterocycles. The Morgan fingerprint density at radius 1 is 0.346 bits per heavy atom. The highest BCUT2D eigenvalue weighted by Gasteiger charge is 2.18. The largest absolute Gasteiger partial charge is 0.466 e. The lowest BCUT2D eigenvalue weighted by atomic mass is 10.0. The summed E-state index contributed by atoms with van der Waals surface area (Å²) in [5.74, 6) is -0.0580. The Labute approximate surface area is 506 Å². The van der Waals surface area contributed by atoms with Gasteiger partial charge in [0, 0.05) is 12.8 Å². The number of hydrogen-bond donors (Lipinski definition) is 3. The predicted molar refractivity (Wildman–Crippen MR) is 356 cm³/mol. The number of esters is 1. The molecule has 6 nitrogen and oxygen atoms in total. The van der Waals surface area contributed by atoms with Crippen molar-refractivity contribution in [1.29, 1.82) is 0 Å². The van der Waals surface area contributed by atoms with Crippen molar-refractivity contribution in [3.05, 3.63) is 48.6 Å². The minimum Gasteiger partial charge on any atom is -0.466 e. The van der Waals surface area contributed by atoms with Gasteiger partial charge in [-0.2, -0.15) is 0 Å². The molecule has 0 bridgehead atoms. The van der Waals surface area contributed by atoms with Gasteiger partial charge in [0.25, 0.3) is 0 Å². The Balaban J connectivity index is 3.40. The first kappa shape index (κ1) is 78.8. The molecule has 0 spiro atoms. The van der Waals surface area contributed by atoms with Gasteiger partial charge in [-0.25, -0.2) is 0 Å². The molecular formula is C75H141NO5. The van der Waals surface area contributed by atoms with E-state index >= 15 is 0 Å². The highest BCUT2D eigenvalue weighted by molar-refractivity contribution is 5.76. The molecule has 0 rings (SSSR count). The minimum atomic E-state index is -0.844. The molecule has 2 atom stereocenters. The van der Waals surface area contributed by atoms with E-state index < -0.39 is 12.1 Å². The molecule has 1 amide bonds. The Kier molecular flexibility index (Phi) is 68.4. The second-order valence-corrected chi connectivity index (χ2v) is 24.9. The van der Waals surface area contributed by atoms with Gasteiger partial charge in [0.05, 0.1) is 25.4 Å². The summed E-state index contributed by atoms with van der Waals surface area (Å²) in [6.07, 6.45) is 92.0. The standard InChI is InChI=1S/C75H141NO5/c1-3-5-7-9-11-13-15-17-19-37-40-43-47-51-55-59-63-67-73(78)72(71-77)76-74(79)68-64-60-56-52-48-44-41-38-35-33-31-29-27-25-23-21-20-22-24-26-28-30-32-34-36-39-42-46-50-54-58-62-66-70-81-75(80)69-65-61-57-53-49-45-18-16-14-12-10-8-6-4-2/h16,18,24,26,30,32,63,67,72-73,77-78H,3-15,17,19-23,25,27-29,31,33-62,64-66,68-71H2,1-2H3,(H,76,79)/b18-16-,26-24-,32-30-,67-63+. The first-order valence-corrected chi connectivity index (χ1v) is 36.4. The molecule has 0 saturated carbocycles. The first-order valence-electron chi connectivity index (χ1n) is 36.4. The molecule has 0 saturated heterocycles. The van der Waals surface area contributed by atoms with Gasteiger partial charge in [0.2, 0.25) is 5.91 Å². The molecule has 0 aromatic carbocycles. The maximum Gasteiger partial charge on any atom is 0.305 e.